The lowest BCUT2D eigenvalue weighted by molar-refractivity contribution is 0.515. The average Bonchev–Trinajstić information content (AvgIpc) is 2.74. The molecule has 2 aromatic rings. The number of alkyl halides is 1. The largest absolute Gasteiger partial charge is 0.310 e. The molecule has 102 valence electrons. The molecule has 0 unspecified atom stereocenters. The first-order chi connectivity index (χ1) is 9.02. The third-order valence-electron chi connectivity index (χ3n) is 2.66. The first-order valence-corrected chi connectivity index (χ1v) is 7.67. The first kappa shape index (κ1) is 14.8. The summed E-state index contributed by atoms with van der Waals surface area (Å²) in [5.74, 6) is 2.34. The van der Waals surface area contributed by atoms with E-state index in [0.29, 0.717) is 16.8 Å². The molecule has 0 fully saturated rings. The van der Waals surface area contributed by atoms with E-state index in [1.165, 1.54) is 0 Å². The maximum atomic E-state index is 6.26. The molecular weight excluding hydrogens is 349 g/mol. The van der Waals surface area contributed by atoms with Gasteiger partial charge >= 0.3 is 0 Å². The van der Waals surface area contributed by atoms with Crippen LogP contribution in [0.25, 0.3) is 11.4 Å². The van der Waals surface area contributed by atoms with Gasteiger partial charge in [0.1, 0.15) is 5.82 Å². The van der Waals surface area contributed by atoms with Crippen LogP contribution >= 0.6 is 39.1 Å². The van der Waals surface area contributed by atoms with Crippen LogP contribution < -0.4 is 0 Å². The molecule has 0 amide bonds. The van der Waals surface area contributed by atoms with Crippen LogP contribution in [-0.4, -0.2) is 14.8 Å². The number of benzene rings is 1. The van der Waals surface area contributed by atoms with Crippen LogP contribution in [0.15, 0.2) is 22.7 Å². The van der Waals surface area contributed by atoms with Crippen molar-refractivity contribution in [2.75, 3.05) is 0 Å². The predicted molar refractivity (Wildman–Crippen MR) is 82.6 cm³/mol. The summed E-state index contributed by atoms with van der Waals surface area (Å²) < 4.78 is 2.99. The van der Waals surface area contributed by atoms with Crippen molar-refractivity contribution in [2.45, 2.75) is 26.3 Å². The van der Waals surface area contributed by atoms with Crippen LogP contribution in [0, 0.1) is 5.92 Å². The zero-order chi connectivity index (χ0) is 14.0. The maximum Gasteiger partial charge on any atom is 0.165 e. The minimum Gasteiger partial charge on any atom is -0.310 e. The van der Waals surface area contributed by atoms with E-state index in [1.807, 2.05) is 22.8 Å². The van der Waals surface area contributed by atoms with Gasteiger partial charge in [0, 0.05) is 16.6 Å². The molecule has 0 atom stereocenters. The highest BCUT2D eigenvalue weighted by Gasteiger charge is 2.16. The molecule has 1 aromatic carbocycles. The predicted octanol–water partition coefficient (Wildman–Crippen LogP) is 4.76. The quantitative estimate of drug-likeness (QED) is 0.734. The molecule has 0 aliphatic rings. The smallest absolute Gasteiger partial charge is 0.165 e. The van der Waals surface area contributed by atoms with Gasteiger partial charge in [0.05, 0.1) is 10.9 Å². The lowest BCUT2D eigenvalue weighted by Gasteiger charge is -2.12. The van der Waals surface area contributed by atoms with Gasteiger partial charge in [-0.25, -0.2) is 0 Å². The number of halogens is 3. The summed E-state index contributed by atoms with van der Waals surface area (Å²) in [5, 5.41) is 9.03. The van der Waals surface area contributed by atoms with Crippen molar-refractivity contribution in [3.05, 3.63) is 33.5 Å². The highest BCUT2D eigenvalue weighted by molar-refractivity contribution is 9.10. The fourth-order valence-electron chi connectivity index (χ4n) is 1.86. The Balaban J connectivity index is 2.55. The molecule has 2 rings (SSSR count). The normalized spacial score (nSPS) is 11.3. The van der Waals surface area contributed by atoms with Crippen molar-refractivity contribution in [3.8, 4) is 11.4 Å². The molecule has 1 aromatic heterocycles. The van der Waals surface area contributed by atoms with E-state index in [9.17, 15) is 0 Å². The van der Waals surface area contributed by atoms with Gasteiger partial charge in [-0.2, -0.15) is 0 Å². The molecule has 1 heterocycles. The molecule has 0 N–H and O–H groups in total. The van der Waals surface area contributed by atoms with Gasteiger partial charge in [0.15, 0.2) is 5.82 Å². The van der Waals surface area contributed by atoms with E-state index in [1.54, 1.807) is 0 Å². The van der Waals surface area contributed by atoms with E-state index in [2.05, 4.69) is 40.0 Å². The fourth-order valence-corrected chi connectivity index (χ4v) is 2.62. The van der Waals surface area contributed by atoms with Crippen molar-refractivity contribution in [2.24, 2.45) is 5.92 Å². The molecule has 0 radical (unpaired) electrons. The monoisotopic (exact) mass is 361 g/mol. The van der Waals surface area contributed by atoms with E-state index < -0.39 is 0 Å². The van der Waals surface area contributed by atoms with Gasteiger partial charge in [-0.3, -0.25) is 0 Å². The van der Waals surface area contributed by atoms with Crippen molar-refractivity contribution in [3.63, 3.8) is 0 Å². The number of rotatable bonds is 4. The Kier molecular flexibility index (Phi) is 4.87. The number of aromatic nitrogens is 3. The summed E-state index contributed by atoms with van der Waals surface area (Å²) >= 11 is 15.6. The molecule has 0 saturated heterocycles. The van der Waals surface area contributed by atoms with Crippen LogP contribution in [0.5, 0.6) is 0 Å². The lowest BCUT2D eigenvalue weighted by Crippen LogP contribution is -2.09. The zero-order valence-corrected chi connectivity index (χ0v) is 13.8. The summed E-state index contributed by atoms with van der Waals surface area (Å²) in [6.07, 6.45) is 0. The molecule has 0 bridgehead atoms. The van der Waals surface area contributed by atoms with Crippen LogP contribution in [-0.2, 0) is 12.4 Å². The van der Waals surface area contributed by atoms with E-state index in [0.717, 1.165) is 28.2 Å². The molecule has 19 heavy (non-hydrogen) atoms. The number of nitrogens with zero attached hydrogens (tertiary/aromatic N) is 3. The van der Waals surface area contributed by atoms with Gasteiger partial charge in [0.2, 0.25) is 0 Å². The van der Waals surface area contributed by atoms with Crippen molar-refractivity contribution < 1.29 is 0 Å². The summed E-state index contributed by atoms with van der Waals surface area (Å²) in [5.41, 5.74) is 0.862. The van der Waals surface area contributed by atoms with Crippen molar-refractivity contribution in [1.82, 2.24) is 14.8 Å². The van der Waals surface area contributed by atoms with Crippen LogP contribution in [0.1, 0.15) is 19.7 Å². The summed E-state index contributed by atoms with van der Waals surface area (Å²) in [6.45, 7) is 5.10. The number of hydrogen-bond acceptors (Lipinski definition) is 2. The summed E-state index contributed by atoms with van der Waals surface area (Å²) in [4.78, 5) is 0. The Bertz CT molecular complexity index is 581. The Morgan fingerprint density at radius 2 is 2.05 bits per heavy atom. The third-order valence-corrected chi connectivity index (χ3v) is 3.73. The second-order valence-corrected chi connectivity index (χ2v) is 6.29. The second-order valence-electron chi connectivity index (χ2n) is 4.70. The molecule has 6 heteroatoms. The van der Waals surface area contributed by atoms with Crippen LogP contribution in [0.3, 0.4) is 0 Å². The van der Waals surface area contributed by atoms with Gasteiger partial charge in [-0.05, 0) is 24.1 Å². The Morgan fingerprint density at radius 3 is 2.68 bits per heavy atom. The topological polar surface area (TPSA) is 30.7 Å². The third kappa shape index (κ3) is 3.30. The summed E-state index contributed by atoms with van der Waals surface area (Å²) in [7, 11) is 0. The molecular formula is C13H14BrCl2N3. The fraction of sp³-hybridized carbons (Fsp3) is 0.385. The second kappa shape index (κ2) is 6.25. The Labute approximate surface area is 131 Å². The van der Waals surface area contributed by atoms with Gasteiger partial charge in [0.25, 0.3) is 0 Å². The van der Waals surface area contributed by atoms with E-state index in [-0.39, 0.29) is 0 Å². The highest BCUT2D eigenvalue weighted by atomic mass is 79.9. The Morgan fingerprint density at radius 1 is 1.32 bits per heavy atom. The first-order valence-electron chi connectivity index (χ1n) is 5.96. The van der Waals surface area contributed by atoms with Crippen LogP contribution in [0.2, 0.25) is 5.02 Å². The van der Waals surface area contributed by atoms with Crippen LogP contribution in [0.4, 0.5) is 0 Å². The SMILES string of the molecule is CC(C)Cn1c(CCl)nnc1-c1cc(Br)ccc1Cl. The zero-order valence-electron chi connectivity index (χ0n) is 10.7. The minimum atomic E-state index is 0.339. The maximum absolute atomic E-state index is 6.26. The molecule has 0 aliphatic heterocycles. The molecule has 0 aliphatic carbocycles. The molecule has 0 spiro atoms. The summed E-state index contributed by atoms with van der Waals surface area (Å²) in [6, 6.07) is 5.69. The van der Waals surface area contributed by atoms with Gasteiger partial charge in [-0.1, -0.05) is 41.4 Å². The molecule has 0 saturated carbocycles. The van der Waals surface area contributed by atoms with Crippen molar-refractivity contribution >= 4 is 39.1 Å². The number of hydrogen-bond donors (Lipinski definition) is 0. The molecule has 3 nitrogen and oxygen atoms in total. The highest BCUT2D eigenvalue weighted by Crippen LogP contribution is 2.30. The average molecular weight is 363 g/mol. The van der Waals surface area contributed by atoms with Gasteiger partial charge in [-0.15, -0.1) is 21.8 Å². The Hall–Kier alpha value is -0.580. The van der Waals surface area contributed by atoms with Crippen molar-refractivity contribution in [1.29, 1.82) is 0 Å². The van der Waals surface area contributed by atoms with Gasteiger partial charge < -0.3 is 4.57 Å². The van der Waals surface area contributed by atoms with E-state index in [4.69, 9.17) is 23.2 Å². The lowest BCUT2D eigenvalue weighted by atomic mass is 10.2. The standard InChI is InChI=1S/C13H14BrCl2N3/c1-8(2)7-19-12(6-15)17-18-13(19)10-5-9(14)3-4-11(10)16/h3-5,8H,6-7H2,1-2H3. The minimum absolute atomic E-state index is 0.339. The van der Waals surface area contributed by atoms with E-state index >= 15 is 0 Å².